The van der Waals surface area contributed by atoms with Crippen molar-refractivity contribution in [2.75, 3.05) is 25.0 Å². The number of fused-ring (bicyclic) bond motifs is 3. The van der Waals surface area contributed by atoms with Crippen LogP contribution >= 0.6 is 23.2 Å². The van der Waals surface area contributed by atoms with Crippen LogP contribution in [0.4, 0.5) is 0 Å². The lowest BCUT2D eigenvalue weighted by atomic mass is 10.2. The minimum atomic E-state index is 0.159. The molecular formula is C19H16Cl2N4O2. The van der Waals surface area contributed by atoms with Crippen molar-refractivity contribution in [2.45, 2.75) is 0 Å². The molecular weight excluding hydrogens is 387 g/mol. The highest BCUT2D eigenvalue weighted by atomic mass is 35.5. The smallest absolute Gasteiger partial charge is 0.324 e. The van der Waals surface area contributed by atoms with E-state index in [2.05, 4.69) is 27.1 Å². The molecule has 0 atom stereocenters. The van der Waals surface area contributed by atoms with Crippen molar-refractivity contribution in [3.05, 3.63) is 48.5 Å². The van der Waals surface area contributed by atoms with Crippen LogP contribution in [0, 0.1) is 0 Å². The first-order valence-corrected chi connectivity index (χ1v) is 9.51. The lowest BCUT2D eigenvalue weighted by Gasteiger charge is -2.10. The van der Waals surface area contributed by atoms with Crippen LogP contribution in [0.25, 0.3) is 27.8 Å². The zero-order valence-electron chi connectivity index (χ0n) is 14.3. The van der Waals surface area contributed by atoms with Gasteiger partial charge in [-0.3, -0.25) is 4.57 Å². The predicted octanol–water partition coefficient (Wildman–Crippen LogP) is 4.20. The van der Waals surface area contributed by atoms with Crippen LogP contribution < -0.4 is 9.47 Å². The Balaban J connectivity index is 1.93. The van der Waals surface area contributed by atoms with Gasteiger partial charge in [0.2, 0.25) is 5.95 Å². The predicted molar refractivity (Wildman–Crippen MR) is 107 cm³/mol. The number of para-hydroxylation sites is 2. The van der Waals surface area contributed by atoms with Crippen molar-refractivity contribution in [3.8, 4) is 18.0 Å². The van der Waals surface area contributed by atoms with Gasteiger partial charge in [0, 0.05) is 10.8 Å². The molecule has 4 aromatic rings. The molecule has 2 heterocycles. The number of ether oxygens (including phenoxy) is 2. The largest absolute Gasteiger partial charge is 0.462 e. The average molecular weight is 403 g/mol. The van der Waals surface area contributed by atoms with Crippen molar-refractivity contribution < 1.29 is 9.47 Å². The van der Waals surface area contributed by atoms with Gasteiger partial charge in [0.1, 0.15) is 13.2 Å². The lowest BCUT2D eigenvalue weighted by molar-refractivity contribution is 0.281. The summed E-state index contributed by atoms with van der Waals surface area (Å²) in [5, 5.41) is 2.22. The Kier molecular flexibility index (Phi) is 5.27. The molecule has 0 saturated heterocycles. The van der Waals surface area contributed by atoms with Crippen LogP contribution in [-0.4, -0.2) is 44.5 Å². The zero-order chi connectivity index (χ0) is 18.6. The van der Waals surface area contributed by atoms with Gasteiger partial charge in [0.15, 0.2) is 0 Å². The van der Waals surface area contributed by atoms with Crippen LogP contribution in [0.3, 0.4) is 0 Å². The van der Waals surface area contributed by atoms with E-state index in [1.165, 1.54) is 0 Å². The number of nitrogens with zero attached hydrogens (tertiary/aromatic N) is 4. The Morgan fingerprint density at radius 3 is 1.67 bits per heavy atom. The molecule has 4 rings (SSSR count). The molecule has 0 fully saturated rings. The second-order valence-corrected chi connectivity index (χ2v) is 6.40. The monoisotopic (exact) mass is 402 g/mol. The Bertz CT molecular complexity index is 1000. The van der Waals surface area contributed by atoms with E-state index in [4.69, 9.17) is 32.7 Å². The molecule has 0 N–H and O–H groups in total. The summed E-state index contributed by atoms with van der Waals surface area (Å²) in [4.78, 5) is 13.1. The molecule has 8 heteroatoms. The summed E-state index contributed by atoms with van der Waals surface area (Å²) in [6.45, 7) is 0.570. The van der Waals surface area contributed by atoms with Crippen molar-refractivity contribution in [3.63, 3.8) is 0 Å². The Hall–Kier alpha value is -2.57. The van der Waals surface area contributed by atoms with Gasteiger partial charge < -0.3 is 9.47 Å². The van der Waals surface area contributed by atoms with Gasteiger partial charge in [-0.05, 0) is 12.1 Å². The Morgan fingerprint density at radius 1 is 0.704 bits per heavy atom. The molecule has 0 unspecified atom stereocenters. The van der Waals surface area contributed by atoms with Gasteiger partial charge in [-0.25, -0.2) is 0 Å². The molecule has 0 aliphatic carbocycles. The second-order valence-electron chi connectivity index (χ2n) is 5.65. The van der Waals surface area contributed by atoms with E-state index >= 15 is 0 Å². The fourth-order valence-electron chi connectivity index (χ4n) is 2.95. The third-order valence-electron chi connectivity index (χ3n) is 3.98. The molecule has 2 aromatic carbocycles. The SMILES string of the molecule is ClCCOc1nc(OCCCl)nc(-n2c3ccccc3c3ccccc32)n1. The van der Waals surface area contributed by atoms with Gasteiger partial charge in [0.25, 0.3) is 0 Å². The average Bonchev–Trinajstić information content (AvgIpc) is 3.05. The van der Waals surface area contributed by atoms with E-state index in [-0.39, 0.29) is 25.2 Å². The number of alkyl halides is 2. The number of hydrogen-bond acceptors (Lipinski definition) is 5. The van der Waals surface area contributed by atoms with Crippen molar-refractivity contribution >= 4 is 45.0 Å². The van der Waals surface area contributed by atoms with E-state index in [9.17, 15) is 0 Å². The Labute approximate surface area is 165 Å². The third kappa shape index (κ3) is 3.50. The van der Waals surface area contributed by atoms with Gasteiger partial charge in [-0.2, -0.15) is 9.97 Å². The summed E-state index contributed by atoms with van der Waals surface area (Å²) in [5.41, 5.74) is 1.97. The molecule has 27 heavy (non-hydrogen) atoms. The summed E-state index contributed by atoms with van der Waals surface area (Å²) in [6, 6.07) is 16.5. The van der Waals surface area contributed by atoms with Crippen molar-refractivity contribution in [2.24, 2.45) is 0 Å². The highest BCUT2D eigenvalue weighted by Crippen LogP contribution is 2.31. The highest BCUT2D eigenvalue weighted by molar-refractivity contribution is 6.18. The molecule has 0 spiro atoms. The van der Waals surface area contributed by atoms with Gasteiger partial charge in [0.05, 0.1) is 22.8 Å². The zero-order valence-corrected chi connectivity index (χ0v) is 15.8. The number of aromatic nitrogens is 4. The Morgan fingerprint density at radius 2 is 1.19 bits per heavy atom. The summed E-state index contributed by atoms with van der Waals surface area (Å²) in [6.07, 6.45) is 0. The van der Waals surface area contributed by atoms with Crippen LogP contribution in [0.15, 0.2) is 48.5 Å². The lowest BCUT2D eigenvalue weighted by Crippen LogP contribution is -2.11. The molecule has 138 valence electrons. The fraction of sp³-hybridized carbons (Fsp3) is 0.211. The van der Waals surface area contributed by atoms with E-state index in [0.29, 0.717) is 17.7 Å². The maximum absolute atomic E-state index is 5.72. The highest BCUT2D eigenvalue weighted by Gasteiger charge is 2.16. The minimum Gasteiger partial charge on any atom is -0.462 e. The molecule has 6 nitrogen and oxygen atoms in total. The summed E-state index contributed by atoms with van der Waals surface area (Å²) < 4.78 is 13.0. The number of hydrogen-bond donors (Lipinski definition) is 0. The van der Waals surface area contributed by atoms with Crippen molar-refractivity contribution in [1.82, 2.24) is 19.5 Å². The van der Waals surface area contributed by atoms with E-state index < -0.39 is 0 Å². The van der Waals surface area contributed by atoms with Crippen molar-refractivity contribution in [1.29, 1.82) is 0 Å². The standard InChI is InChI=1S/C19H16Cl2N4O2/c20-9-11-26-18-22-17(23-19(24-18)27-12-10-21)25-15-7-3-1-5-13(15)14-6-2-4-8-16(14)25/h1-8H,9-12H2. The molecule has 0 amide bonds. The molecule has 0 saturated carbocycles. The normalized spacial score (nSPS) is 11.2. The van der Waals surface area contributed by atoms with E-state index in [1.807, 2.05) is 41.0 Å². The van der Waals surface area contributed by atoms with Crippen LogP contribution in [0.5, 0.6) is 12.0 Å². The first-order valence-electron chi connectivity index (χ1n) is 8.44. The van der Waals surface area contributed by atoms with Gasteiger partial charge >= 0.3 is 12.0 Å². The summed E-state index contributed by atoms with van der Waals surface area (Å²) >= 11 is 11.4. The maximum atomic E-state index is 5.72. The van der Waals surface area contributed by atoms with Crippen LogP contribution in [0.2, 0.25) is 0 Å². The maximum Gasteiger partial charge on any atom is 0.324 e. The van der Waals surface area contributed by atoms with Gasteiger partial charge in [-0.15, -0.1) is 28.2 Å². The van der Waals surface area contributed by atoms with Gasteiger partial charge in [-0.1, -0.05) is 36.4 Å². The van der Waals surface area contributed by atoms with E-state index in [1.54, 1.807) is 0 Å². The molecule has 0 aliphatic rings. The van der Waals surface area contributed by atoms with E-state index in [0.717, 1.165) is 21.8 Å². The third-order valence-corrected chi connectivity index (χ3v) is 4.29. The first kappa shape index (κ1) is 17.8. The van der Waals surface area contributed by atoms with Crippen LogP contribution in [0.1, 0.15) is 0 Å². The second kappa shape index (κ2) is 7.98. The molecule has 0 aliphatic heterocycles. The quantitative estimate of drug-likeness (QED) is 0.433. The topological polar surface area (TPSA) is 62.1 Å². The number of benzene rings is 2. The van der Waals surface area contributed by atoms with Crippen LogP contribution in [-0.2, 0) is 0 Å². The number of halogens is 2. The summed E-state index contributed by atoms with van der Waals surface area (Å²) in [5.74, 6) is 1.07. The molecule has 0 bridgehead atoms. The molecule has 2 aromatic heterocycles. The number of rotatable bonds is 7. The minimum absolute atomic E-state index is 0.159. The fourth-order valence-corrected chi connectivity index (χ4v) is 3.11. The summed E-state index contributed by atoms with van der Waals surface area (Å²) in [7, 11) is 0. The molecule has 0 radical (unpaired) electrons. The first-order chi connectivity index (χ1) is 13.3.